The second-order valence-corrected chi connectivity index (χ2v) is 8.57. The van der Waals surface area contributed by atoms with Crippen LogP contribution < -0.4 is 5.32 Å². The van der Waals surface area contributed by atoms with E-state index in [9.17, 15) is 9.59 Å². The highest BCUT2D eigenvalue weighted by Crippen LogP contribution is 2.12. The third-order valence-electron chi connectivity index (χ3n) is 4.22. The van der Waals surface area contributed by atoms with E-state index in [1.807, 2.05) is 20.8 Å². The van der Waals surface area contributed by atoms with Gasteiger partial charge in [-0.3, -0.25) is 4.79 Å². The maximum Gasteiger partial charge on any atom is 0.407 e. The lowest BCUT2D eigenvalue weighted by atomic mass is 9.99. The summed E-state index contributed by atoms with van der Waals surface area (Å²) in [7, 11) is 0. The molecule has 0 aliphatic rings. The van der Waals surface area contributed by atoms with Gasteiger partial charge in [-0.05, 0) is 24.7 Å². The van der Waals surface area contributed by atoms with E-state index in [0.717, 1.165) is 32.1 Å². The van der Waals surface area contributed by atoms with Crippen molar-refractivity contribution >= 4 is 12.1 Å². The molecule has 0 spiro atoms. The first-order chi connectivity index (χ1) is 12.8. The van der Waals surface area contributed by atoms with Crippen LogP contribution in [0.5, 0.6) is 0 Å². The number of unbranched alkanes of at least 4 members (excludes halogenated alkanes) is 9. The second-order valence-electron chi connectivity index (χ2n) is 8.57. The fraction of sp³-hybridized carbons (Fsp3) is 0.909. The molecule has 1 N–H and O–H groups in total. The van der Waals surface area contributed by atoms with Gasteiger partial charge in [0.25, 0.3) is 0 Å². The van der Waals surface area contributed by atoms with E-state index in [1.165, 1.54) is 38.5 Å². The third-order valence-corrected chi connectivity index (χ3v) is 4.22. The van der Waals surface area contributed by atoms with Crippen LogP contribution in [0, 0.1) is 5.41 Å². The molecule has 0 aromatic rings. The third kappa shape index (κ3) is 20.9. The van der Waals surface area contributed by atoms with Crippen molar-refractivity contribution in [3.8, 4) is 0 Å². The molecule has 0 rings (SSSR count). The summed E-state index contributed by atoms with van der Waals surface area (Å²) >= 11 is 0. The molecule has 5 heteroatoms. The minimum Gasteiger partial charge on any atom is -0.466 e. The number of nitrogens with one attached hydrogen (secondary N) is 1. The van der Waals surface area contributed by atoms with Gasteiger partial charge in [0, 0.05) is 13.0 Å². The van der Waals surface area contributed by atoms with Crippen LogP contribution in [-0.4, -0.2) is 31.8 Å². The summed E-state index contributed by atoms with van der Waals surface area (Å²) < 4.78 is 10.4. The van der Waals surface area contributed by atoms with Gasteiger partial charge in [-0.2, -0.15) is 0 Å². The molecule has 0 aromatic carbocycles. The molecule has 0 aliphatic carbocycles. The zero-order valence-corrected chi connectivity index (χ0v) is 18.2. The molecule has 0 bridgehead atoms. The summed E-state index contributed by atoms with van der Waals surface area (Å²) in [5.74, 6) is -0.101. The lowest BCUT2D eigenvalue weighted by molar-refractivity contribution is -0.143. The van der Waals surface area contributed by atoms with Crippen molar-refractivity contribution in [3.05, 3.63) is 0 Å². The number of rotatable bonds is 16. The van der Waals surface area contributed by atoms with Crippen LogP contribution in [0.2, 0.25) is 0 Å². The smallest absolute Gasteiger partial charge is 0.407 e. The van der Waals surface area contributed by atoms with Crippen molar-refractivity contribution in [1.29, 1.82) is 0 Å². The largest absolute Gasteiger partial charge is 0.466 e. The Labute approximate surface area is 167 Å². The Morgan fingerprint density at radius 3 is 2.00 bits per heavy atom. The summed E-state index contributed by atoms with van der Waals surface area (Å²) in [5.41, 5.74) is -0.0215. The van der Waals surface area contributed by atoms with E-state index in [0.29, 0.717) is 26.2 Å². The SMILES string of the molecule is CCCCCCCCCCOC(=O)CCCCCNC(=O)OCC(C)(C)C. The number of amides is 1. The van der Waals surface area contributed by atoms with Gasteiger partial charge in [0.05, 0.1) is 13.2 Å². The molecule has 0 aromatic heterocycles. The van der Waals surface area contributed by atoms with Gasteiger partial charge in [-0.1, -0.05) is 79.1 Å². The predicted molar refractivity (Wildman–Crippen MR) is 111 cm³/mol. The number of esters is 1. The number of hydrogen-bond donors (Lipinski definition) is 1. The van der Waals surface area contributed by atoms with Gasteiger partial charge < -0.3 is 14.8 Å². The van der Waals surface area contributed by atoms with Crippen molar-refractivity contribution in [2.45, 2.75) is 105 Å². The Balaban J connectivity index is 3.33. The molecule has 0 unspecified atom stereocenters. The molecular weight excluding hydrogens is 342 g/mol. The second kappa shape index (κ2) is 16.9. The highest BCUT2D eigenvalue weighted by molar-refractivity contribution is 5.69. The number of carbonyl (C=O) groups is 2. The van der Waals surface area contributed by atoms with Crippen molar-refractivity contribution in [1.82, 2.24) is 5.32 Å². The molecule has 27 heavy (non-hydrogen) atoms. The summed E-state index contributed by atoms with van der Waals surface area (Å²) in [6.45, 7) is 9.83. The Morgan fingerprint density at radius 2 is 1.37 bits per heavy atom. The van der Waals surface area contributed by atoms with Crippen LogP contribution in [0.25, 0.3) is 0 Å². The van der Waals surface area contributed by atoms with E-state index in [1.54, 1.807) is 0 Å². The van der Waals surface area contributed by atoms with Gasteiger partial charge in [-0.15, -0.1) is 0 Å². The summed E-state index contributed by atoms with van der Waals surface area (Å²) in [6.07, 6.45) is 12.6. The standard InChI is InChI=1S/C22H43NO4/c1-5-6-7-8-9-10-11-15-18-26-20(24)16-13-12-14-17-23-21(25)27-19-22(2,3)4/h5-19H2,1-4H3,(H,23,25). The fourth-order valence-corrected chi connectivity index (χ4v) is 2.59. The van der Waals surface area contributed by atoms with Crippen LogP contribution in [-0.2, 0) is 14.3 Å². The first-order valence-electron chi connectivity index (χ1n) is 10.9. The number of alkyl carbamates (subject to hydrolysis) is 1. The molecule has 0 aliphatic heterocycles. The maximum absolute atomic E-state index is 11.7. The molecule has 0 saturated carbocycles. The van der Waals surface area contributed by atoms with E-state index in [4.69, 9.17) is 9.47 Å². The highest BCUT2D eigenvalue weighted by atomic mass is 16.5. The summed E-state index contributed by atoms with van der Waals surface area (Å²) in [6, 6.07) is 0. The van der Waals surface area contributed by atoms with Crippen LogP contribution in [0.4, 0.5) is 4.79 Å². The quantitative estimate of drug-likeness (QED) is 0.261. The first-order valence-corrected chi connectivity index (χ1v) is 10.9. The zero-order chi connectivity index (χ0) is 20.4. The molecule has 160 valence electrons. The molecule has 0 atom stereocenters. The van der Waals surface area contributed by atoms with Gasteiger partial charge >= 0.3 is 12.1 Å². The average Bonchev–Trinajstić information content (AvgIpc) is 2.61. The van der Waals surface area contributed by atoms with Crippen molar-refractivity contribution in [2.24, 2.45) is 5.41 Å². The number of ether oxygens (including phenoxy) is 2. The first kappa shape index (κ1) is 25.7. The summed E-state index contributed by atoms with van der Waals surface area (Å²) in [5, 5.41) is 2.74. The van der Waals surface area contributed by atoms with Crippen LogP contribution in [0.15, 0.2) is 0 Å². The van der Waals surface area contributed by atoms with Gasteiger partial charge in [0.1, 0.15) is 0 Å². The lowest BCUT2D eigenvalue weighted by Crippen LogP contribution is -2.28. The van der Waals surface area contributed by atoms with Crippen molar-refractivity contribution < 1.29 is 19.1 Å². The topological polar surface area (TPSA) is 64.6 Å². The van der Waals surface area contributed by atoms with E-state index < -0.39 is 0 Å². The number of carbonyl (C=O) groups excluding carboxylic acids is 2. The molecule has 0 heterocycles. The minimum absolute atomic E-state index is 0.0215. The van der Waals surface area contributed by atoms with Crippen LogP contribution in [0.1, 0.15) is 105 Å². The van der Waals surface area contributed by atoms with Gasteiger partial charge in [-0.25, -0.2) is 4.79 Å². The maximum atomic E-state index is 11.7. The lowest BCUT2D eigenvalue weighted by Gasteiger charge is -2.17. The Bertz CT molecular complexity index is 377. The Kier molecular flexibility index (Phi) is 16.1. The van der Waals surface area contributed by atoms with E-state index >= 15 is 0 Å². The van der Waals surface area contributed by atoms with Gasteiger partial charge in [0.15, 0.2) is 0 Å². The van der Waals surface area contributed by atoms with Crippen LogP contribution >= 0.6 is 0 Å². The fourth-order valence-electron chi connectivity index (χ4n) is 2.59. The van der Waals surface area contributed by atoms with Crippen LogP contribution in [0.3, 0.4) is 0 Å². The van der Waals surface area contributed by atoms with Gasteiger partial charge in [0.2, 0.25) is 0 Å². The normalized spacial score (nSPS) is 11.3. The molecule has 0 saturated heterocycles. The number of hydrogen-bond acceptors (Lipinski definition) is 4. The minimum atomic E-state index is -0.366. The van der Waals surface area contributed by atoms with Crippen molar-refractivity contribution in [2.75, 3.05) is 19.8 Å². The Morgan fingerprint density at radius 1 is 0.778 bits per heavy atom. The van der Waals surface area contributed by atoms with E-state index in [2.05, 4.69) is 12.2 Å². The zero-order valence-electron chi connectivity index (χ0n) is 18.2. The van der Waals surface area contributed by atoms with Crippen molar-refractivity contribution in [3.63, 3.8) is 0 Å². The molecule has 0 radical (unpaired) electrons. The molecular formula is C22H43NO4. The average molecular weight is 386 g/mol. The van der Waals surface area contributed by atoms with E-state index in [-0.39, 0.29) is 17.5 Å². The monoisotopic (exact) mass is 385 g/mol. The molecule has 0 fully saturated rings. The molecule has 5 nitrogen and oxygen atoms in total. The predicted octanol–water partition coefficient (Wildman–Crippen LogP) is 6.00. The molecule has 1 amide bonds. The Hall–Kier alpha value is -1.26. The summed E-state index contributed by atoms with van der Waals surface area (Å²) in [4.78, 5) is 23.1. The highest BCUT2D eigenvalue weighted by Gasteiger charge is 2.13.